The van der Waals surface area contributed by atoms with Crippen LogP contribution in [0.3, 0.4) is 0 Å². The lowest BCUT2D eigenvalue weighted by Crippen LogP contribution is -2.40. The van der Waals surface area contributed by atoms with Crippen molar-refractivity contribution in [2.75, 3.05) is 0 Å². The molecule has 0 aromatic carbocycles. The van der Waals surface area contributed by atoms with E-state index in [-0.39, 0.29) is 11.2 Å². The summed E-state index contributed by atoms with van der Waals surface area (Å²) in [7, 11) is -2.43. The zero-order chi connectivity index (χ0) is 13.7. The Kier molecular flexibility index (Phi) is 7.17. The van der Waals surface area contributed by atoms with Crippen molar-refractivity contribution < 1.29 is 13.0 Å². The topological polar surface area (TPSA) is 27.7 Å². The number of hydrogen-bond acceptors (Lipinski definition) is 3. The molecule has 0 bridgehead atoms. The maximum atomic E-state index is 5.93. The van der Waals surface area contributed by atoms with Crippen molar-refractivity contribution in [2.24, 2.45) is 0 Å². The maximum absolute atomic E-state index is 5.93. The summed E-state index contributed by atoms with van der Waals surface area (Å²) in [5.41, 5.74) is -0.184. The van der Waals surface area contributed by atoms with Crippen LogP contribution in [0.2, 0.25) is 13.1 Å². The first-order valence-electron chi connectivity index (χ1n) is 6.35. The SMILES string of the molecule is CCC(C)(C)O[Si](C)O[Si](C)OC(C)(C)CC. The van der Waals surface area contributed by atoms with Gasteiger partial charge in [-0.15, -0.1) is 0 Å². The lowest BCUT2D eigenvalue weighted by Gasteiger charge is -2.30. The molecule has 0 N–H and O–H groups in total. The zero-order valence-corrected chi connectivity index (χ0v) is 14.6. The Hall–Kier alpha value is 0.314. The van der Waals surface area contributed by atoms with E-state index >= 15 is 0 Å². The molecule has 0 heterocycles. The molecule has 3 nitrogen and oxygen atoms in total. The minimum Gasteiger partial charge on any atom is -0.413 e. The molecule has 2 radical (unpaired) electrons. The Morgan fingerprint density at radius 2 is 1.06 bits per heavy atom. The molecule has 0 saturated carbocycles. The molecule has 0 amide bonds. The standard InChI is InChI=1S/C12H28O3Si2/c1-9-11(3,4)13-16(7)15-17(8)14-12(5,6)10-2/h9-10H2,1-8H3. The highest BCUT2D eigenvalue weighted by Crippen LogP contribution is 2.18. The van der Waals surface area contributed by atoms with Gasteiger partial charge >= 0.3 is 18.6 Å². The van der Waals surface area contributed by atoms with Gasteiger partial charge in [-0.1, -0.05) is 13.8 Å². The largest absolute Gasteiger partial charge is 0.413 e. The third-order valence-corrected chi connectivity index (χ3v) is 6.81. The van der Waals surface area contributed by atoms with E-state index < -0.39 is 18.6 Å². The van der Waals surface area contributed by atoms with Gasteiger partial charge in [0.2, 0.25) is 0 Å². The van der Waals surface area contributed by atoms with Crippen molar-refractivity contribution in [2.45, 2.75) is 78.7 Å². The summed E-state index contributed by atoms with van der Waals surface area (Å²) in [6, 6.07) is 0. The van der Waals surface area contributed by atoms with E-state index in [1.807, 2.05) is 13.1 Å². The van der Waals surface area contributed by atoms with Gasteiger partial charge in [0.1, 0.15) is 0 Å². The van der Waals surface area contributed by atoms with E-state index in [4.69, 9.17) is 13.0 Å². The van der Waals surface area contributed by atoms with Crippen molar-refractivity contribution in [3.05, 3.63) is 0 Å². The fourth-order valence-corrected chi connectivity index (χ4v) is 4.96. The summed E-state index contributed by atoms with van der Waals surface area (Å²) in [5.74, 6) is 0. The fourth-order valence-electron chi connectivity index (χ4n) is 1.17. The Morgan fingerprint density at radius 1 is 0.765 bits per heavy atom. The van der Waals surface area contributed by atoms with Gasteiger partial charge < -0.3 is 13.0 Å². The second kappa shape index (κ2) is 7.04. The first-order chi connectivity index (χ1) is 7.62. The average Bonchev–Trinajstić information content (AvgIpc) is 2.15. The highest BCUT2D eigenvalue weighted by Gasteiger charge is 2.28. The molecule has 0 unspecified atom stereocenters. The molecule has 0 spiro atoms. The summed E-state index contributed by atoms with van der Waals surface area (Å²) < 4.78 is 17.7. The summed E-state index contributed by atoms with van der Waals surface area (Å²) in [6.07, 6.45) is 1.98. The normalized spacial score (nSPS) is 13.8. The van der Waals surface area contributed by atoms with E-state index in [0.29, 0.717) is 0 Å². The second-order valence-corrected chi connectivity index (χ2v) is 8.71. The summed E-state index contributed by atoms with van der Waals surface area (Å²) in [5, 5.41) is 0. The summed E-state index contributed by atoms with van der Waals surface area (Å²) in [4.78, 5) is 0. The van der Waals surface area contributed by atoms with Gasteiger partial charge in [-0.05, 0) is 53.6 Å². The molecule has 0 aromatic heterocycles. The molecule has 0 aliphatic rings. The molecule has 0 saturated heterocycles. The molecule has 102 valence electrons. The number of hydrogen-bond donors (Lipinski definition) is 0. The molecule has 0 rings (SSSR count). The smallest absolute Gasteiger partial charge is 0.372 e. The third-order valence-electron chi connectivity index (χ3n) is 2.83. The van der Waals surface area contributed by atoms with E-state index in [1.54, 1.807) is 0 Å². The van der Waals surface area contributed by atoms with E-state index in [1.165, 1.54) is 0 Å². The highest BCUT2D eigenvalue weighted by molar-refractivity contribution is 6.57. The number of rotatable bonds is 8. The highest BCUT2D eigenvalue weighted by atomic mass is 28.4. The first kappa shape index (κ1) is 17.3. The zero-order valence-electron chi connectivity index (χ0n) is 12.6. The molecule has 5 heteroatoms. The molecule has 0 aliphatic carbocycles. The minimum absolute atomic E-state index is 0.0918. The van der Waals surface area contributed by atoms with Crippen molar-refractivity contribution in [1.82, 2.24) is 0 Å². The van der Waals surface area contributed by atoms with Crippen LogP contribution in [0, 0.1) is 0 Å². The van der Waals surface area contributed by atoms with Crippen molar-refractivity contribution in [1.29, 1.82) is 0 Å². The van der Waals surface area contributed by atoms with E-state index in [0.717, 1.165) is 12.8 Å². The Morgan fingerprint density at radius 3 is 1.29 bits per heavy atom. The van der Waals surface area contributed by atoms with Crippen LogP contribution in [0.1, 0.15) is 54.4 Å². The average molecular weight is 277 g/mol. The lowest BCUT2D eigenvalue weighted by atomic mass is 10.1. The third kappa shape index (κ3) is 8.10. The van der Waals surface area contributed by atoms with Crippen LogP contribution >= 0.6 is 0 Å². The monoisotopic (exact) mass is 276 g/mol. The van der Waals surface area contributed by atoms with E-state index in [9.17, 15) is 0 Å². The van der Waals surface area contributed by atoms with E-state index in [2.05, 4.69) is 41.5 Å². The molecule has 0 aromatic rings. The first-order valence-corrected chi connectivity index (χ1v) is 9.98. The fraction of sp³-hybridized carbons (Fsp3) is 1.00. The Bertz CT molecular complexity index is 198. The van der Waals surface area contributed by atoms with Crippen LogP contribution in [0.5, 0.6) is 0 Å². The molecule has 0 aliphatic heterocycles. The molecular weight excluding hydrogens is 248 g/mol. The van der Waals surface area contributed by atoms with Crippen molar-refractivity contribution in [3.63, 3.8) is 0 Å². The molecular formula is C12H28O3Si2. The van der Waals surface area contributed by atoms with Gasteiger partial charge in [-0.25, -0.2) is 0 Å². The van der Waals surface area contributed by atoms with Gasteiger partial charge in [-0.3, -0.25) is 0 Å². The minimum atomic E-state index is -1.22. The Balaban J connectivity index is 4.08. The quantitative estimate of drug-likeness (QED) is 0.633. The van der Waals surface area contributed by atoms with Crippen LogP contribution < -0.4 is 0 Å². The van der Waals surface area contributed by atoms with Crippen molar-refractivity contribution in [3.8, 4) is 0 Å². The molecule has 17 heavy (non-hydrogen) atoms. The summed E-state index contributed by atoms with van der Waals surface area (Å²) in [6.45, 7) is 16.7. The molecule has 0 fully saturated rings. The maximum Gasteiger partial charge on any atom is 0.372 e. The van der Waals surface area contributed by atoms with Crippen LogP contribution in [0.25, 0.3) is 0 Å². The van der Waals surface area contributed by atoms with Crippen molar-refractivity contribution >= 4 is 18.6 Å². The van der Waals surface area contributed by atoms with Gasteiger partial charge in [0, 0.05) is 0 Å². The van der Waals surface area contributed by atoms with Gasteiger partial charge in [0.25, 0.3) is 0 Å². The second-order valence-electron chi connectivity index (χ2n) is 5.52. The van der Waals surface area contributed by atoms with Crippen LogP contribution in [0.15, 0.2) is 0 Å². The van der Waals surface area contributed by atoms with Crippen LogP contribution in [-0.2, 0) is 13.0 Å². The van der Waals surface area contributed by atoms with Gasteiger partial charge in [0.15, 0.2) is 0 Å². The van der Waals surface area contributed by atoms with Gasteiger partial charge in [-0.2, -0.15) is 0 Å². The Labute approximate surface area is 111 Å². The van der Waals surface area contributed by atoms with Crippen LogP contribution in [0.4, 0.5) is 0 Å². The molecule has 0 atom stereocenters. The predicted molar refractivity (Wildman–Crippen MR) is 75.2 cm³/mol. The summed E-state index contributed by atoms with van der Waals surface area (Å²) >= 11 is 0. The van der Waals surface area contributed by atoms with Gasteiger partial charge in [0.05, 0.1) is 11.2 Å². The van der Waals surface area contributed by atoms with Crippen LogP contribution in [-0.4, -0.2) is 29.8 Å². The predicted octanol–water partition coefficient (Wildman–Crippen LogP) is 3.65. The lowest BCUT2D eigenvalue weighted by molar-refractivity contribution is 0.0587.